The van der Waals surface area contributed by atoms with Crippen molar-refractivity contribution in [3.63, 3.8) is 0 Å². The van der Waals surface area contributed by atoms with Crippen LogP contribution in [0.1, 0.15) is 48.8 Å². The van der Waals surface area contributed by atoms with Crippen molar-refractivity contribution in [1.82, 2.24) is 10.6 Å². The Bertz CT molecular complexity index is 1210. The van der Waals surface area contributed by atoms with Gasteiger partial charge in [0, 0.05) is 5.69 Å². The Labute approximate surface area is 207 Å². The molecule has 1 saturated carbocycles. The number of hydrogen-bond donors (Lipinski definition) is 2. The minimum atomic E-state index is -0.544. The van der Waals surface area contributed by atoms with Crippen LogP contribution in [0.5, 0.6) is 0 Å². The van der Waals surface area contributed by atoms with Crippen molar-refractivity contribution in [1.29, 1.82) is 0 Å². The molecule has 34 heavy (non-hydrogen) atoms. The number of nitrogens with one attached hydrogen (secondary N) is 2. The Hall–Kier alpha value is -2.89. The minimum Gasteiger partial charge on any atom is -0.343 e. The van der Waals surface area contributed by atoms with E-state index in [0.717, 1.165) is 23.2 Å². The molecule has 2 atom stereocenters. The lowest BCUT2D eigenvalue weighted by atomic mass is 9.96. The van der Waals surface area contributed by atoms with E-state index in [1.807, 2.05) is 23.1 Å². The largest absolute Gasteiger partial charge is 0.343 e. The van der Waals surface area contributed by atoms with Gasteiger partial charge in [-0.3, -0.25) is 9.59 Å². The molecule has 1 aliphatic heterocycles. The van der Waals surface area contributed by atoms with E-state index in [2.05, 4.69) is 53.1 Å². The predicted molar refractivity (Wildman–Crippen MR) is 140 cm³/mol. The molecule has 5 nitrogen and oxygen atoms in total. The van der Waals surface area contributed by atoms with E-state index >= 15 is 0 Å². The first-order chi connectivity index (χ1) is 16.1. The van der Waals surface area contributed by atoms with E-state index in [0.29, 0.717) is 18.9 Å². The highest BCUT2D eigenvalue weighted by molar-refractivity contribution is 6.01. The summed E-state index contributed by atoms with van der Waals surface area (Å²) < 4.78 is 0. The van der Waals surface area contributed by atoms with Gasteiger partial charge in [0.15, 0.2) is 0 Å². The number of amides is 2. The Morgan fingerprint density at radius 3 is 2.44 bits per heavy atom. The lowest BCUT2D eigenvalue weighted by Gasteiger charge is -2.27. The molecule has 2 N–H and O–H groups in total. The highest BCUT2D eigenvalue weighted by atomic mass is 35.5. The SMILES string of the molecule is CNC(C)C(=O)NC1CCc2ccccc2N(Cc2ccc(C3CC3)c3ccccc23)C1=O.Cl. The van der Waals surface area contributed by atoms with Gasteiger partial charge in [-0.25, -0.2) is 0 Å². The van der Waals surface area contributed by atoms with Crippen LogP contribution in [0.3, 0.4) is 0 Å². The Morgan fingerprint density at radius 1 is 1.00 bits per heavy atom. The standard InChI is InChI=1S/C28H31N3O2.ClH/c1-18(29-2)27(32)30-25-16-14-20-7-3-6-10-26(20)31(28(25)33)17-21-13-15-23(19-11-12-19)24-9-5-4-8-22(21)24;/h3-10,13,15,18-19,25,29H,11-12,14,16-17H2,1-2H3,(H,30,32);1H. The van der Waals surface area contributed by atoms with Gasteiger partial charge in [-0.2, -0.15) is 0 Å². The van der Waals surface area contributed by atoms with Crippen LogP contribution < -0.4 is 15.5 Å². The van der Waals surface area contributed by atoms with Crippen molar-refractivity contribution >= 4 is 40.7 Å². The zero-order valence-electron chi connectivity index (χ0n) is 19.7. The Balaban J connectivity index is 0.00000274. The highest BCUT2D eigenvalue weighted by Crippen LogP contribution is 2.44. The molecule has 5 rings (SSSR count). The number of fused-ring (bicyclic) bond motifs is 2. The van der Waals surface area contributed by atoms with Crippen molar-refractivity contribution in [2.75, 3.05) is 11.9 Å². The summed E-state index contributed by atoms with van der Waals surface area (Å²) in [4.78, 5) is 28.2. The highest BCUT2D eigenvalue weighted by Gasteiger charge is 2.33. The van der Waals surface area contributed by atoms with Gasteiger partial charge in [0.2, 0.25) is 11.8 Å². The first-order valence-corrected chi connectivity index (χ1v) is 11.9. The summed E-state index contributed by atoms with van der Waals surface area (Å²) in [5.41, 5.74) is 4.64. The molecule has 1 heterocycles. The van der Waals surface area contributed by atoms with Gasteiger partial charge in [0.25, 0.3) is 0 Å². The maximum atomic E-state index is 13.8. The quantitative estimate of drug-likeness (QED) is 0.540. The molecule has 2 amide bonds. The normalized spacial score (nSPS) is 18.6. The van der Waals surface area contributed by atoms with E-state index in [1.165, 1.54) is 29.2 Å². The molecule has 0 bridgehead atoms. The van der Waals surface area contributed by atoms with Crippen LogP contribution in [-0.2, 0) is 22.6 Å². The van der Waals surface area contributed by atoms with Crippen LogP contribution >= 0.6 is 12.4 Å². The van der Waals surface area contributed by atoms with Crippen molar-refractivity contribution in [3.05, 3.63) is 77.4 Å². The fourth-order valence-corrected chi connectivity index (χ4v) is 4.88. The lowest BCUT2D eigenvalue weighted by molar-refractivity contribution is -0.128. The molecule has 3 aromatic carbocycles. The Morgan fingerprint density at radius 2 is 1.71 bits per heavy atom. The van der Waals surface area contributed by atoms with Gasteiger partial charge in [-0.15, -0.1) is 12.4 Å². The first-order valence-electron chi connectivity index (χ1n) is 11.9. The van der Waals surface area contributed by atoms with Crippen molar-refractivity contribution in [2.24, 2.45) is 0 Å². The van der Waals surface area contributed by atoms with E-state index < -0.39 is 6.04 Å². The second-order valence-corrected chi connectivity index (χ2v) is 9.30. The number of para-hydroxylation sites is 1. The van der Waals surface area contributed by atoms with Crippen LogP contribution in [0.4, 0.5) is 5.69 Å². The van der Waals surface area contributed by atoms with E-state index in [-0.39, 0.29) is 30.3 Å². The maximum Gasteiger partial charge on any atom is 0.249 e. The van der Waals surface area contributed by atoms with E-state index in [4.69, 9.17) is 0 Å². The molecular formula is C28H32ClN3O2. The van der Waals surface area contributed by atoms with E-state index in [1.54, 1.807) is 14.0 Å². The molecule has 3 aromatic rings. The summed E-state index contributed by atoms with van der Waals surface area (Å²) in [6.45, 7) is 2.28. The first kappa shape index (κ1) is 24.2. The molecule has 0 saturated heterocycles. The summed E-state index contributed by atoms with van der Waals surface area (Å²) >= 11 is 0. The number of aryl methyl sites for hydroxylation is 1. The van der Waals surface area contributed by atoms with Gasteiger partial charge >= 0.3 is 0 Å². The molecule has 6 heteroatoms. The average molecular weight is 478 g/mol. The summed E-state index contributed by atoms with van der Waals surface area (Å²) in [7, 11) is 1.75. The number of carbonyl (C=O) groups is 2. The molecule has 1 fully saturated rings. The third-order valence-electron chi connectivity index (χ3n) is 7.09. The van der Waals surface area contributed by atoms with Crippen LogP contribution in [0.15, 0.2) is 60.7 Å². The summed E-state index contributed by atoms with van der Waals surface area (Å²) in [6.07, 6.45) is 3.86. The van der Waals surface area contributed by atoms with Gasteiger partial charge in [-0.05, 0) is 79.1 Å². The molecule has 2 aliphatic rings. The van der Waals surface area contributed by atoms with Gasteiger partial charge < -0.3 is 15.5 Å². The van der Waals surface area contributed by atoms with Gasteiger partial charge in [-0.1, -0.05) is 54.6 Å². The van der Waals surface area contributed by atoms with Crippen LogP contribution in [0, 0.1) is 0 Å². The molecule has 0 radical (unpaired) electrons. The zero-order chi connectivity index (χ0) is 22.9. The number of halogens is 1. The summed E-state index contributed by atoms with van der Waals surface area (Å²) in [5.74, 6) is 0.464. The lowest BCUT2D eigenvalue weighted by Crippen LogP contribution is -2.52. The van der Waals surface area contributed by atoms with Crippen molar-refractivity contribution in [2.45, 2.75) is 57.2 Å². The molecule has 0 aromatic heterocycles. The van der Waals surface area contributed by atoms with Gasteiger partial charge in [0.05, 0.1) is 12.6 Å². The minimum absolute atomic E-state index is 0. The number of nitrogens with zero attached hydrogens (tertiary/aromatic N) is 1. The molecule has 1 aliphatic carbocycles. The second-order valence-electron chi connectivity index (χ2n) is 9.30. The van der Waals surface area contributed by atoms with Crippen molar-refractivity contribution in [3.8, 4) is 0 Å². The van der Waals surface area contributed by atoms with Crippen LogP contribution in [0.25, 0.3) is 10.8 Å². The number of likely N-dealkylation sites (N-methyl/N-ethyl adjacent to an activating group) is 1. The second kappa shape index (κ2) is 10.2. The summed E-state index contributed by atoms with van der Waals surface area (Å²) in [6, 6.07) is 20.2. The summed E-state index contributed by atoms with van der Waals surface area (Å²) in [5, 5.41) is 8.44. The average Bonchev–Trinajstić information content (AvgIpc) is 3.70. The number of rotatable bonds is 6. The maximum absolute atomic E-state index is 13.8. The predicted octanol–water partition coefficient (Wildman–Crippen LogP) is 4.71. The third kappa shape index (κ3) is 4.68. The molecular weight excluding hydrogens is 446 g/mol. The van der Waals surface area contributed by atoms with Gasteiger partial charge in [0.1, 0.15) is 6.04 Å². The smallest absolute Gasteiger partial charge is 0.249 e. The third-order valence-corrected chi connectivity index (χ3v) is 7.09. The zero-order valence-corrected chi connectivity index (χ0v) is 20.5. The topological polar surface area (TPSA) is 61.4 Å². The molecule has 2 unspecified atom stereocenters. The van der Waals surface area contributed by atoms with Crippen LogP contribution in [-0.4, -0.2) is 30.9 Å². The number of hydrogen-bond acceptors (Lipinski definition) is 3. The molecule has 0 spiro atoms. The Kier molecular flexibility index (Phi) is 7.24. The van der Waals surface area contributed by atoms with Crippen LogP contribution in [0.2, 0.25) is 0 Å². The molecule has 178 valence electrons. The van der Waals surface area contributed by atoms with Crippen molar-refractivity contribution < 1.29 is 9.59 Å². The number of anilines is 1. The van der Waals surface area contributed by atoms with E-state index in [9.17, 15) is 9.59 Å². The number of benzene rings is 3. The number of carbonyl (C=O) groups excluding carboxylic acids is 2. The monoisotopic (exact) mass is 477 g/mol. The fourth-order valence-electron chi connectivity index (χ4n) is 4.88. The fraction of sp³-hybridized carbons (Fsp3) is 0.357.